The average molecular weight is 467 g/mol. The van der Waals surface area contributed by atoms with Crippen LogP contribution >= 0.6 is 11.3 Å². The van der Waals surface area contributed by atoms with Gasteiger partial charge in [-0.3, -0.25) is 9.10 Å². The standard InChI is InChI=1S/C20H23FN4O4S2/c1-3-24(14-18-22-20(23-29-18)17-10-7-13-30-17)19(26)11-6-12-25(31(2,27)28)16-9-5-4-8-15(16)21/h4-5,7-10,13H,3,6,11-12,14H2,1-2H3. The van der Waals surface area contributed by atoms with Crippen LogP contribution in [-0.4, -0.2) is 48.7 Å². The van der Waals surface area contributed by atoms with E-state index in [2.05, 4.69) is 10.1 Å². The van der Waals surface area contributed by atoms with Crippen LogP contribution in [0.3, 0.4) is 0 Å². The Kier molecular flexibility index (Phi) is 7.39. The van der Waals surface area contributed by atoms with Crippen molar-refractivity contribution in [2.45, 2.75) is 26.3 Å². The number of thiophene rings is 1. The first-order valence-corrected chi connectivity index (χ1v) is 12.4. The molecule has 0 unspecified atom stereocenters. The van der Waals surface area contributed by atoms with Gasteiger partial charge in [-0.25, -0.2) is 12.8 Å². The van der Waals surface area contributed by atoms with E-state index in [0.29, 0.717) is 18.3 Å². The summed E-state index contributed by atoms with van der Waals surface area (Å²) in [5.41, 5.74) is -0.0308. The van der Waals surface area contributed by atoms with Crippen LogP contribution in [0.1, 0.15) is 25.7 Å². The largest absolute Gasteiger partial charge is 0.337 e. The van der Waals surface area contributed by atoms with Crippen molar-refractivity contribution in [1.82, 2.24) is 15.0 Å². The maximum absolute atomic E-state index is 14.1. The normalized spacial score (nSPS) is 11.5. The van der Waals surface area contributed by atoms with Crippen molar-refractivity contribution in [2.24, 2.45) is 0 Å². The lowest BCUT2D eigenvalue weighted by atomic mass is 10.2. The molecule has 1 amide bonds. The lowest BCUT2D eigenvalue weighted by molar-refractivity contribution is -0.132. The van der Waals surface area contributed by atoms with Gasteiger partial charge in [0.25, 0.3) is 0 Å². The van der Waals surface area contributed by atoms with Crippen LogP contribution < -0.4 is 4.31 Å². The van der Waals surface area contributed by atoms with Gasteiger partial charge in [0.1, 0.15) is 5.82 Å². The second kappa shape index (κ2) is 10.0. The minimum Gasteiger partial charge on any atom is -0.337 e. The van der Waals surface area contributed by atoms with Crippen molar-refractivity contribution in [3.63, 3.8) is 0 Å². The first-order chi connectivity index (χ1) is 14.8. The molecule has 0 radical (unpaired) electrons. The van der Waals surface area contributed by atoms with Crippen LogP contribution in [0.15, 0.2) is 46.3 Å². The molecular formula is C20H23FN4O4S2. The average Bonchev–Trinajstić information content (AvgIpc) is 3.41. The van der Waals surface area contributed by atoms with Gasteiger partial charge in [-0.15, -0.1) is 11.3 Å². The van der Waals surface area contributed by atoms with E-state index in [1.54, 1.807) is 11.0 Å². The Morgan fingerprint density at radius 3 is 2.65 bits per heavy atom. The number of halogens is 1. The molecule has 0 aliphatic carbocycles. The topological polar surface area (TPSA) is 96.6 Å². The second-order valence-corrected chi connectivity index (χ2v) is 9.64. The Labute approximate surface area is 184 Å². The van der Waals surface area contributed by atoms with E-state index in [1.165, 1.54) is 29.5 Å². The van der Waals surface area contributed by atoms with Crippen LogP contribution in [-0.2, 0) is 21.4 Å². The highest BCUT2D eigenvalue weighted by Crippen LogP contribution is 2.23. The number of nitrogens with zero attached hydrogens (tertiary/aromatic N) is 4. The summed E-state index contributed by atoms with van der Waals surface area (Å²) < 4.78 is 44.6. The number of sulfonamides is 1. The van der Waals surface area contributed by atoms with E-state index in [0.717, 1.165) is 15.4 Å². The van der Waals surface area contributed by atoms with E-state index in [-0.39, 0.29) is 37.5 Å². The lowest BCUT2D eigenvalue weighted by Crippen LogP contribution is -2.34. The molecule has 3 aromatic rings. The minimum atomic E-state index is -3.70. The highest BCUT2D eigenvalue weighted by Gasteiger charge is 2.22. The molecule has 31 heavy (non-hydrogen) atoms. The molecule has 0 fully saturated rings. The molecule has 166 valence electrons. The zero-order valence-electron chi connectivity index (χ0n) is 17.2. The fourth-order valence-corrected chi connectivity index (χ4v) is 4.63. The quantitative estimate of drug-likeness (QED) is 0.453. The van der Waals surface area contributed by atoms with Crippen molar-refractivity contribution in [1.29, 1.82) is 0 Å². The van der Waals surface area contributed by atoms with Crippen molar-refractivity contribution in [3.8, 4) is 10.7 Å². The van der Waals surface area contributed by atoms with Gasteiger partial charge in [0.05, 0.1) is 23.4 Å². The molecule has 11 heteroatoms. The molecule has 0 aliphatic heterocycles. The third-order valence-electron chi connectivity index (χ3n) is 4.54. The number of hydrogen-bond acceptors (Lipinski definition) is 7. The zero-order chi connectivity index (χ0) is 22.4. The Balaban J connectivity index is 1.60. The molecule has 0 spiro atoms. The first kappa shape index (κ1) is 22.9. The van der Waals surface area contributed by atoms with Crippen LogP contribution in [0.5, 0.6) is 0 Å². The Hall–Kier alpha value is -2.79. The van der Waals surface area contributed by atoms with Crippen LogP contribution in [0.25, 0.3) is 10.7 Å². The van der Waals surface area contributed by atoms with Gasteiger partial charge in [-0.1, -0.05) is 23.4 Å². The first-order valence-electron chi connectivity index (χ1n) is 9.66. The van der Waals surface area contributed by atoms with Gasteiger partial charge in [-0.2, -0.15) is 4.98 Å². The fraction of sp³-hybridized carbons (Fsp3) is 0.350. The van der Waals surface area contributed by atoms with E-state index in [4.69, 9.17) is 4.52 Å². The molecule has 0 N–H and O–H groups in total. The molecule has 0 saturated heterocycles. The van der Waals surface area contributed by atoms with E-state index < -0.39 is 15.8 Å². The maximum atomic E-state index is 14.1. The summed E-state index contributed by atoms with van der Waals surface area (Å²) in [5.74, 6) is -0.0161. The summed E-state index contributed by atoms with van der Waals surface area (Å²) in [6, 6.07) is 9.42. The van der Waals surface area contributed by atoms with E-state index in [1.807, 2.05) is 24.4 Å². The highest BCUT2D eigenvalue weighted by atomic mass is 32.2. The lowest BCUT2D eigenvalue weighted by Gasteiger charge is -2.24. The smallest absolute Gasteiger partial charge is 0.246 e. The van der Waals surface area contributed by atoms with Gasteiger partial charge in [0, 0.05) is 19.5 Å². The molecule has 8 nitrogen and oxygen atoms in total. The number of rotatable bonds is 10. The number of aromatic nitrogens is 2. The number of hydrogen-bond donors (Lipinski definition) is 0. The van der Waals surface area contributed by atoms with Gasteiger partial charge in [0.2, 0.25) is 27.6 Å². The molecular weight excluding hydrogens is 443 g/mol. The number of carbonyl (C=O) groups excluding carboxylic acids is 1. The summed E-state index contributed by atoms with van der Waals surface area (Å²) in [4.78, 5) is 19.4. The molecule has 2 heterocycles. The summed E-state index contributed by atoms with van der Waals surface area (Å²) in [6.45, 7) is 2.41. The van der Waals surface area contributed by atoms with Gasteiger partial charge >= 0.3 is 0 Å². The molecule has 0 aliphatic rings. The fourth-order valence-electron chi connectivity index (χ4n) is 3.02. The minimum absolute atomic E-state index is 0.00779. The molecule has 3 rings (SSSR count). The SMILES string of the molecule is CCN(Cc1nc(-c2cccs2)no1)C(=O)CCCN(c1ccccc1F)S(C)(=O)=O. The van der Waals surface area contributed by atoms with Crippen molar-refractivity contribution >= 4 is 33.0 Å². The number of carbonyl (C=O) groups is 1. The van der Waals surface area contributed by atoms with E-state index >= 15 is 0 Å². The molecule has 0 bridgehead atoms. The Bertz CT molecular complexity index is 1120. The van der Waals surface area contributed by atoms with Gasteiger partial charge in [-0.05, 0) is 36.9 Å². The van der Waals surface area contributed by atoms with Crippen LogP contribution in [0, 0.1) is 5.82 Å². The van der Waals surface area contributed by atoms with Crippen LogP contribution in [0.2, 0.25) is 0 Å². The maximum Gasteiger partial charge on any atom is 0.246 e. The summed E-state index contributed by atoms with van der Waals surface area (Å²) in [5, 5.41) is 5.85. The third-order valence-corrected chi connectivity index (χ3v) is 6.59. The Morgan fingerprint density at radius 1 is 1.23 bits per heavy atom. The highest BCUT2D eigenvalue weighted by molar-refractivity contribution is 7.92. The van der Waals surface area contributed by atoms with Gasteiger partial charge < -0.3 is 9.42 Å². The second-order valence-electron chi connectivity index (χ2n) is 6.79. The molecule has 1 aromatic carbocycles. The van der Waals surface area contributed by atoms with Crippen LogP contribution in [0.4, 0.5) is 10.1 Å². The summed E-state index contributed by atoms with van der Waals surface area (Å²) >= 11 is 1.49. The predicted octanol–water partition coefficient (Wildman–Crippen LogP) is 3.53. The molecule has 0 saturated carbocycles. The third kappa shape index (κ3) is 5.88. The monoisotopic (exact) mass is 466 g/mol. The van der Waals surface area contributed by atoms with Crippen molar-refractivity contribution < 1.29 is 22.1 Å². The Morgan fingerprint density at radius 2 is 2.00 bits per heavy atom. The number of benzene rings is 1. The van der Waals surface area contributed by atoms with Gasteiger partial charge in [0.15, 0.2) is 0 Å². The predicted molar refractivity (Wildman–Crippen MR) is 117 cm³/mol. The van der Waals surface area contributed by atoms with Crippen molar-refractivity contribution in [2.75, 3.05) is 23.7 Å². The molecule has 2 aromatic heterocycles. The summed E-state index contributed by atoms with van der Waals surface area (Å²) in [6.07, 6.45) is 1.35. The zero-order valence-corrected chi connectivity index (χ0v) is 18.8. The number of anilines is 1. The van der Waals surface area contributed by atoms with E-state index in [9.17, 15) is 17.6 Å². The summed E-state index contributed by atoms with van der Waals surface area (Å²) in [7, 11) is -3.70. The van der Waals surface area contributed by atoms with Crippen molar-refractivity contribution in [3.05, 3.63) is 53.5 Å². The molecule has 0 atom stereocenters. The number of amides is 1. The number of para-hydroxylation sites is 1.